The van der Waals surface area contributed by atoms with Crippen molar-refractivity contribution in [2.75, 3.05) is 10.6 Å². The number of anilines is 2. The Kier molecular flexibility index (Phi) is 5.55. The van der Waals surface area contributed by atoms with E-state index in [-0.39, 0.29) is 29.6 Å². The normalized spacial score (nSPS) is 19.6. The van der Waals surface area contributed by atoms with Crippen LogP contribution in [-0.2, 0) is 9.59 Å². The summed E-state index contributed by atoms with van der Waals surface area (Å²) in [5.74, 6) is 1.20. The van der Waals surface area contributed by atoms with Gasteiger partial charge in [-0.2, -0.15) is 15.0 Å². The van der Waals surface area contributed by atoms with E-state index < -0.39 is 0 Å². The molecule has 2 amide bonds. The smallest absolute Gasteiger partial charge is 0.234 e. The van der Waals surface area contributed by atoms with E-state index in [1.54, 1.807) is 0 Å². The van der Waals surface area contributed by atoms with Crippen LogP contribution in [0.5, 0.6) is 0 Å². The lowest BCUT2D eigenvalue weighted by molar-refractivity contribution is -0.115. The van der Waals surface area contributed by atoms with Crippen molar-refractivity contribution < 1.29 is 9.59 Å². The molecule has 1 aliphatic carbocycles. The summed E-state index contributed by atoms with van der Waals surface area (Å²) in [6.07, 6.45) is 4.04. The number of nitrogens with zero attached hydrogens (tertiary/aromatic N) is 3. The van der Waals surface area contributed by atoms with Crippen molar-refractivity contribution in [3.05, 3.63) is 41.7 Å². The summed E-state index contributed by atoms with van der Waals surface area (Å²) in [6, 6.07) is 10.5. The Labute approximate surface area is 152 Å². The fourth-order valence-corrected chi connectivity index (χ4v) is 3.41. The van der Waals surface area contributed by atoms with Crippen molar-refractivity contribution >= 4 is 23.7 Å². The molecule has 1 fully saturated rings. The number of carbonyl (C=O) groups is 2. The first kappa shape index (κ1) is 18.0. The van der Waals surface area contributed by atoms with E-state index >= 15 is 0 Å². The van der Waals surface area contributed by atoms with Gasteiger partial charge in [-0.3, -0.25) is 20.2 Å². The minimum absolute atomic E-state index is 0.177. The minimum atomic E-state index is -0.260. The van der Waals surface area contributed by atoms with Gasteiger partial charge in [0.05, 0.1) is 0 Å². The molecule has 1 aromatic heterocycles. The van der Waals surface area contributed by atoms with Crippen molar-refractivity contribution in [1.82, 2.24) is 15.0 Å². The van der Waals surface area contributed by atoms with Gasteiger partial charge in [0.15, 0.2) is 0 Å². The molecule has 0 saturated heterocycles. The zero-order valence-electron chi connectivity index (χ0n) is 15.0. The summed E-state index contributed by atoms with van der Waals surface area (Å²) in [5, 5.41) is 5.16. The number of rotatable bonds is 4. The van der Waals surface area contributed by atoms with Crippen LogP contribution in [0.25, 0.3) is 0 Å². The highest BCUT2D eigenvalue weighted by atomic mass is 16.2. The Morgan fingerprint density at radius 1 is 0.808 bits per heavy atom. The summed E-state index contributed by atoms with van der Waals surface area (Å²) in [4.78, 5) is 35.5. The Bertz CT molecular complexity index is 752. The molecule has 1 heterocycles. The summed E-state index contributed by atoms with van der Waals surface area (Å²) in [5.41, 5.74) is 1.37. The zero-order chi connectivity index (χ0) is 18.5. The number of hydrogen-bond acceptors (Lipinski definition) is 5. The van der Waals surface area contributed by atoms with Gasteiger partial charge < -0.3 is 0 Å². The highest BCUT2D eigenvalue weighted by Gasteiger charge is 2.26. The number of benzene rings is 1. The van der Waals surface area contributed by atoms with Crippen LogP contribution >= 0.6 is 0 Å². The maximum absolute atomic E-state index is 11.3. The molecule has 136 valence electrons. The SMILES string of the molecule is CC(=O)Nc1nc(NC(C)=O)nc(C2CCC(c3ccccc3)CC2)n1. The summed E-state index contributed by atoms with van der Waals surface area (Å²) < 4.78 is 0. The van der Waals surface area contributed by atoms with E-state index in [0.29, 0.717) is 11.7 Å². The summed E-state index contributed by atoms with van der Waals surface area (Å²) >= 11 is 0. The van der Waals surface area contributed by atoms with Gasteiger partial charge >= 0.3 is 0 Å². The van der Waals surface area contributed by atoms with Crippen LogP contribution in [0.1, 0.15) is 62.8 Å². The molecule has 1 aromatic carbocycles. The molecule has 0 spiro atoms. The molecule has 2 N–H and O–H groups in total. The van der Waals surface area contributed by atoms with Crippen molar-refractivity contribution in [3.63, 3.8) is 0 Å². The van der Waals surface area contributed by atoms with Crippen molar-refractivity contribution in [2.24, 2.45) is 0 Å². The summed E-state index contributed by atoms with van der Waals surface area (Å²) in [7, 11) is 0. The fourth-order valence-electron chi connectivity index (χ4n) is 3.41. The topological polar surface area (TPSA) is 96.9 Å². The average Bonchev–Trinajstić information content (AvgIpc) is 2.61. The van der Waals surface area contributed by atoms with E-state index in [4.69, 9.17) is 0 Å². The van der Waals surface area contributed by atoms with Gasteiger partial charge in [0.2, 0.25) is 23.7 Å². The van der Waals surface area contributed by atoms with Gasteiger partial charge in [0.1, 0.15) is 5.82 Å². The molecule has 1 aliphatic rings. The molecule has 0 unspecified atom stereocenters. The zero-order valence-corrected chi connectivity index (χ0v) is 15.0. The second-order valence-corrected chi connectivity index (χ2v) is 6.66. The lowest BCUT2D eigenvalue weighted by Crippen LogP contribution is -2.19. The highest BCUT2D eigenvalue weighted by molar-refractivity contribution is 5.88. The molecule has 2 aromatic rings. The predicted octanol–water partition coefficient (Wildman–Crippen LogP) is 3.23. The third-order valence-corrected chi connectivity index (χ3v) is 4.59. The Morgan fingerprint density at radius 2 is 1.31 bits per heavy atom. The Balaban J connectivity index is 1.76. The maximum atomic E-state index is 11.3. The first-order valence-electron chi connectivity index (χ1n) is 8.87. The molecular weight excluding hydrogens is 330 g/mol. The maximum Gasteiger partial charge on any atom is 0.234 e. The second kappa shape index (κ2) is 8.03. The average molecular weight is 353 g/mol. The van der Waals surface area contributed by atoms with E-state index in [1.807, 2.05) is 6.07 Å². The van der Waals surface area contributed by atoms with Crippen LogP contribution < -0.4 is 10.6 Å². The predicted molar refractivity (Wildman–Crippen MR) is 98.8 cm³/mol. The minimum Gasteiger partial charge on any atom is -0.295 e. The van der Waals surface area contributed by atoms with E-state index in [9.17, 15) is 9.59 Å². The van der Waals surface area contributed by atoms with E-state index in [1.165, 1.54) is 19.4 Å². The molecule has 26 heavy (non-hydrogen) atoms. The molecule has 1 saturated carbocycles. The number of carbonyl (C=O) groups excluding carboxylic acids is 2. The molecule has 0 atom stereocenters. The van der Waals surface area contributed by atoms with Gasteiger partial charge in [-0.1, -0.05) is 30.3 Å². The standard InChI is InChI=1S/C19H23N5O2/c1-12(25)20-18-22-17(23-19(24-18)21-13(2)26)16-10-8-15(9-11-16)14-6-4-3-5-7-14/h3-7,15-16H,8-11H2,1-2H3,(H2,20,21,22,23,24,25,26). The van der Waals surface area contributed by atoms with Gasteiger partial charge in [-0.25, -0.2) is 0 Å². The van der Waals surface area contributed by atoms with Crippen LogP contribution in [0.3, 0.4) is 0 Å². The van der Waals surface area contributed by atoms with E-state index in [0.717, 1.165) is 25.7 Å². The van der Waals surface area contributed by atoms with Gasteiger partial charge in [0.25, 0.3) is 0 Å². The van der Waals surface area contributed by atoms with Crippen LogP contribution in [0.4, 0.5) is 11.9 Å². The van der Waals surface area contributed by atoms with Crippen molar-refractivity contribution in [2.45, 2.75) is 51.4 Å². The second-order valence-electron chi connectivity index (χ2n) is 6.66. The highest BCUT2D eigenvalue weighted by Crippen LogP contribution is 2.39. The lowest BCUT2D eigenvalue weighted by atomic mass is 9.78. The van der Waals surface area contributed by atoms with Crippen LogP contribution in [0.15, 0.2) is 30.3 Å². The first-order chi connectivity index (χ1) is 12.5. The van der Waals surface area contributed by atoms with Gasteiger partial charge in [-0.15, -0.1) is 0 Å². The number of amides is 2. The Morgan fingerprint density at radius 3 is 1.81 bits per heavy atom. The van der Waals surface area contributed by atoms with Crippen LogP contribution in [0, 0.1) is 0 Å². The third-order valence-electron chi connectivity index (χ3n) is 4.59. The van der Waals surface area contributed by atoms with E-state index in [2.05, 4.69) is 49.9 Å². The molecule has 0 radical (unpaired) electrons. The molecule has 7 heteroatoms. The first-order valence-corrected chi connectivity index (χ1v) is 8.87. The third kappa shape index (κ3) is 4.62. The summed E-state index contributed by atoms with van der Waals surface area (Å²) in [6.45, 7) is 2.79. The van der Waals surface area contributed by atoms with Gasteiger partial charge in [0, 0.05) is 19.8 Å². The number of nitrogens with one attached hydrogen (secondary N) is 2. The van der Waals surface area contributed by atoms with Crippen LogP contribution in [0.2, 0.25) is 0 Å². The number of aromatic nitrogens is 3. The molecule has 7 nitrogen and oxygen atoms in total. The fraction of sp³-hybridized carbons (Fsp3) is 0.421. The monoisotopic (exact) mass is 353 g/mol. The largest absolute Gasteiger partial charge is 0.295 e. The molecule has 3 rings (SSSR count). The van der Waals surface area contributed by atoms with Crippen molar-refractivity contribution in [1.29, 1.82) is 0 Å². The molecule has 0 aliphatic heterocycles. The Hall–Kier alpha value is -2.83. The van der Waals surface area contributed by atoms with Crippen LogP contribution in [-0.4, -0.2) is 26.8 Å². The van der Waals surface area contributed by atoms with Crippen molar-refractivity contribution in [3.8, 4) is 0 Å². The quantitative estimate of drug-likeness (QED) is 0.879. The molecule has 0 bridgehead atoms. The number of hydrogen-bond donors (Lipinski definition) is 2. The van der Waals surface area contributed by atoms with Gasteiger partial charge in [-0.05, 0) is 37.2 Å². The lowest BCUT2D eigenvalue weighted by Gasteiger charge is -2.28. The molecular formula is C19H23N5O2.